The molecule has 0 aliphatic heterocycles. The van der Waals surface area contributed by atoms with E-state index in [4.69, 9.17) is 4.74 Å². The van der Waals surface area contributed by atoms with Crippen molar-refractivity contribution in [2.75, 3.05) is 7.11 Å². The minimum Gasteiger partial charge on any atom is -0.481 e. The maximum atomic E-state index is 5.55. The highest BCUT2D eigenvalue weighted by Gasteiger charge is 2.23. The van der Waals surface area contributed by atoms with Crippen LogP contribution in [0.5, 0.6) is 5.88 Å². The Balaban J connectivity index is 2.26. The monoisotopic (exact) mass is 319 g/mol. The second-order valence-electron chi connectivity index (χ2n) is 6.65. The molecule has 0 aliphatic carbocycles. The third-order valence-corrected chi connectivity index (χ3v) is 4.16. The van der Waals surface area contributed by atoms with Crippen LogP contribution in [0, 0.1) is 5.92 Å². The average molecular weight is 319 g/mol. The van der Waals surface area contributed by atoms with Crippen molar-refractivity contribution in [2.24, 2.45) is 20.0 Å². The fourth-order valence-electron chi connectivity index (χ4n) is 2.97. The van der Waals surface area contributed by atoms with Crippen molar-refractivity contribution in [3.05, 3.63) is 29.5 Å². The Hall–Kier alpha value is -1.82. The molecule has 2 aromatic heterocycles. The molecule has 0 aromatic carbocycles. The summed E-state index contributed by atoms with van der Waals surface area (Å²) >= 11 is 0. The van der Waals surface area contributed by atoms with E-state index in [0.717, 1.165) is 23.0 Å². The van der Waals surface area contributed by atoms with Crippen LogP contribution in [0.25, 0.3) is 0 Å². The Morgan fingerprint density at radius 2 is 1.91 bits per heavy atom. The number of methoxy groups -OCH3 is 1. The number of hydrogen-bond acceptors (Lipinski definition) is 4. The molecule has 0 spiro atoms. The van der Waals surface area contributed by atoms with Crippen molar-refractivity contribution in [3.8, 4) is 5.88 Å². The lowest BCUT2D eigenvalue weighted by molar-refractivity contribution is 0.356. The second-order valence-corrected chi connectivity index (χ2v) is 6.65. The van der Waals surface area contributed by atoms with Gasteiger partial charge in [0, 0.05) is 33.0 Å². The summed E-state index contributed by atoms with van der Waals surface area (Å²) in [5, 5.41) is 8.26. The number of hydrogen-bond donors (Lipinski definition) is 1. The van der Waals surface area contributed by atoms with Crippen LogP contribution in [0.2, 0.25) is 0 Å². The van der Waals surface area contributed by atoms with Gasteiger partial charge in [-0.1, -0.05) is 27.7 Å². The standard InChI is InChI=1S/C17H29N5O/c1-11(2)14-13(17(23-7)22(6)20-14)10-19-15(12(3)4)16-18-8-9-21(16)5/h8-9,11-12,15,19H,10H2,1-7H3/t15-/m1/s1. The second kappa shape index (κ2) is 7.17. The molecule has 0 saturated carbocycles. The lowest BCUT2D eigenvalue weighted by atomic mass is 10.0. The fraction of sp³-hybridized carbons (Fsp3) is 0.647. The van der Waals surface area contributed by atoms with Gasteiger partial charge in [-0.25, -0.2) is 9.67 Å². The maximum Gasteiger partial charge on any atom is 0.216 e. The molecule has 2 rings (SSSR count). The van der Waals surface area contributed by atoms with Crippen molar-refractivity contribution in [1.29, 1.82) is 0 Å². The van der Waals surface area contributed by atoms with Crippen molar-refractivity contribution in [2.45, 2.75) is 46.2 Å². The summed E-state index contributed by atoms with van der Waals surface area (Å²) in [7, 11) is 5.65. The van der Waals surface area contributed by atoms with Gasteiger partial charge in [0.05, 0.1) is 24.4 Å². The molecule has 128 valence electrons. The number of nitrogens with one attached hydrogen (secondary N) is 1. The molecule has 1 atom stereocenters. The molecule has 0 aliphatic rings. The highest BCUT2D eigenvalue weighted by molar-refractivity contribution is 5.33. The predicted molar refractivity (Wildman–Crippen MR) is 91.5 cm³/mol. The average Bonchev–Trinajstić information content (AvgIpc) is 3.03. The first kappa shape index (κ1) is 17.5. The normalized spacial score (nSPS) is 13.1. The van der Waals surface area contributed by atoms with Crippen LogP contribution in [-0.2, 0) is 20.6 Å². The number of ether oxygens (including phenoxy) is 1. The van der Waals surface area contributed by atoms with E-state index in [0.29, 0.717) is 18.4 Å². The summed E-state index contributed by atoms with van der Waals surface area (Å²) in [4.78, 5) is 4.50. The third-order valence-electron chi connectivity index (χ3n) is 4.16. The van der Waals surface area contributed by atoms with Gasteiger partial charge in [-0.15, -0.1) is 0 Å². The van der Waals surface area contributed by atoms with Crippen molar-refractivity contribution in [1.82, 2.24) is 24.6 Å². The highest BCUT2D eigenvalue weighted by atomic mass is 16.5. The van der Waals surface area contributed by atoms with E-state index in [1.54, 1.807) is 7.11 Å². The number of nitrogens with zero attached hydrogens (tertiary/aromatic N) is 4. The first-order chi connectivity index (χ1) is 10.9. The quantitative estimate of drug-likeness (QED) is 0.852. The zero-order valence-corrected chi connectivity index (χ0v) is 15.3. The molecule has 0 amide bonds. The van der Waals surface area contributed by atoms with Crippen LogP contribution < -0.4 is 10.1 Å². The third kappa shape index (κ3) is 3.58. The van der Waals surface area contributed by atoms with Gasteiger partial charge in [0.1, 0.15) is 5.82 Å². The Labute approximate surface area is 138 Å². The fourth-order valence-corrected chi connectivity index (χ4v) is 2.97. The van der Waals surface area contributed by atoms with E-state index in [2.05, 4.69) is 47.7 Å². The molecule has 2 heterocycles. The van der Waals surface area contributed by atoms with E-state index in [1.807, 2.05) is 31.2 Å². The van der Waals surface area contributed by atoms with Gasteiger partial charge in [-0.3, -0.25) is 0 Å². The molecule has 0 bridgehead atoms. The summed E-state index contributed by atoms with van der Waals surface area (Å²) in [6.07, 6.45) is 3.83. The molecule has 0 saturated heterocycles. The van der Waals surface area contributed by atoms with Gasteiger partial charge in [-0.2, -0.15) is 5.10 Å². The van der Waals surface area contributed by atoms with Gasteiger partial charge in [0.2, 0.25) is 5.88 Å². The summed E-state index contributed by atoms with van der Waals surface area (Å²) in [6, 6.07) is 0.180. The first-order valence-corrected chi connectivity index (χ1v) is 8.17. The molecule has 23 heavy (non-hydrogen) atoms. The number of aromatic nitrogens is 4. The largest absolute Gasteiger partial charge is 0.481 e. The lowest BCUT2D eigenvalue weighted by Gasteiger charge is -2.22. The number of aryl methyl sites for hydroxylation is 2. The van der Waals surface area contributed by atoms with E-state index < -0.39 is 0 Å². The van der Waals surface area contributed by atoms with Crippen LogP contribution in [0.15, 0.2) is 12.4 Å². The summed E-state index contributed by atoms with van der Waals surface area (Å²) in [5.74, 6) is 2.66. The van der Waals surface area contributed by atoms with E-state index in [1.165, 1.54) is 0 Å². The minimum atomic E-state index is 0.180. The summed E-state index contributed by atoms with van der Waals surface area (Å²) < 4.78 is 9.44. The summed E-state index contributed by atoms with van der Waals surface area (Å²) in [5.41, 5.74) is 2.21. The van der Waals surface area contributed by atoms with E-state index in [9.17, 15) is 0 Å². The zero-order valence-electron chi connectivity index (χ0n) is 15.3. The zero-order chi connectivity index (χ0) is 17.1. The summed E-state index contributed by atoms with van der Waals surface area (Å²) in [6.45, 7) is 9.43. The lowest BCUT2D eigenvalue weighted by Crippen LogP contribution is -2.28. The van der Waals surface area contributed by atoms with Crippen molar-refractivity contribution < 1.29 is 4.74 Å². The molecule has 0 radical (unpaired) electrons. The Kier molecular flexibility index (Phi) is 5.46. The molecule has 2 aromatic rings. The van der Waals surface area contributed by atoms with Gasteiger partial charge < -0.3 is 14.6 Å². The van der Waals surface area contributed by atoms with Gasteiger partial charge in [0.15, 0.2) is 0 Å². The molecule has 0 fully saturated rings. The predicted octanol–water partition coefficient (Wildman–Crippen LogP) is 2.77. The molecule has 1 N–H and O–H groups in total. The molecule has 0 unspecified atom stereocenters. The minimum absolute atomic E-state index is 0.180. The highest BCUT2D eigenvalue weighted by Crippen LogP contribution is 2.28. The Morgan fingerprint density at radius 1 is 1.22 bits per heavy atom. The SMILES string of the molecule is COc1c(CN[C@@H](c2nccn2C)C(C)C)c(C(C)C)nn1C. The maximum absolute atomic E-state index is 5.55. The van der Waals surface area contributed by atoms with E-state index >= 15 is 0 Å². The number of rotatable bonds is 7. The number of imidazole rings is 1. The Morgan fingerprint density at radius 3 is 2.39 bits per heavy atom. The molecular formula is C17H29N5O. The van der Waals surface area contributed by atoms with Gasteiger partial charge in [-0.05, 0) is 11.8 Å². The van der Waals surface area contributed by atoms with Crippen LogP contribution in [0.4, 0.5) is 0 Å². The van der Waals surface area contributed by atoms with Gasteiger partial charge in [0.25, 0.3) is 0 Å². The Bertz CT molecular complexity index is 641. The van der Waals surface area contributed by atoms with Crippen LogP contribution in [-0.4, -0.2) is 26.4 Å². The smallest absolute Gasteiger partial charge is 0.216 e. The van der Waals surface area contributed by atoms with Crippen LogP contribution in [0.1, 0.15) is 56.7 Å². The van der Waals surface area contributed by atoms with Crippen molar-refractivity contribution >= 4 is 0 Å². The van der Waals surface area contributed by atoms with Crippen LogP contribution in [0.3, 0.4) is 0 Å². The topological polar surface area (TPSA) is 56.9 Å². The molecule has 6 heteroatoms. The van der Waals surface area contributed by atoms with Crippen molar-refractivity contribution in [3.63, 3.8) is 0 Å². The van der Waals surface area contributed by atoms with Crippen LogP contribution >= 0.6 is 0 Å². The van der Waals surface area contributed by atoms with Gasteiger partial charge >= 0.3 is 0 Å². The molecular weight excluding hydrogens is 290 g/mol. The molecule has 6 nitrogen and oxygen atoms in total. The van der Waals surface area contributed by atoms with E-state index in [-0.39, 0.29) is 6.04 Å². The first-order valence-electron chi connectivity index (χ1n) is 8.17.